The maximum absolute atomic E-state index is 13.9. The lowest BCUT2D eigenvalue weighted by Gasteiger charge is -2.42. The molecule has 1 saturated heterocycles. The number of aliphatic carboxylic acids is 2. The first-order valence-corrected chi connectivity index (χ1v) is 13.4. The van der Waals surface area contributed by atoms with E-state index in [1.165, 1.54) is 11.1 Å². The number of fused-ring (bicyclic) bond motifs is 1. The Balaban J connectivity index is 0.000000331. The third-order valence-corrected chi connectivity index (χ3v) is 7.19. The van der Waals surface area contributed by atoms with E-state index < -0.39 is 24.3 Å². The van der Waals surface area contributed by atoms with Crippen LogP contribution < -0.4 is 4.90 Å². The molecule has 242 valence electrons. The number of carboxylic acids is 2. The van der Waals surface area contributed by atoms with Crippen LogP contribution in [0.3, 0.4) is 0 Å². The van der Waals surface area contributed by atoms with Crippen LogP contribution in [-0.2, 0) is 33.9 Å². The molecule has 2 aliphatic heterocycles. The van der Waals surface area contributed by atoms with Crippen molar-refractivity contribution in [3.8, 4) is 0 Å². The summed E-state index contributed by atoms with van der Waals surface area (Å²) in [5.74, 6) is -4.34. The molecule has 16 heteroatoms. The van der Waals surface area contributed by atoms with E-state index >= 15 is 0 Å². The average molecular weight is 642 g/mol. The molecule has 1 fully saturated rings. The van der Waals surface area contributed by atoms with Crippen molar-refractivity contribution in [3.05, 3.63) is 83.3 Å². The highest BCUT2D eigenvalue weighted by Gasteiger charge is 2.46. The van der Waals surface area contributed by atoms with E-state index in [4.69, 9.17) is 19.8 Å². The third-order valence-electron chi connectivity index (χ3n) is 7.19. The van der Waals surface area contributed by atoms with E-state index in [0.717, 1.165) is 49.4 Å². The van der Waals surface area contributed by atoms with E-state index in [9.17, 15) is 31.1 Å². The Kier molecular flexibility index (Phi) is 11.1. The van der Waals surface area contributed by atoms with Gasteiger partial charge in [0.25, 0.3) is 0 Å². The van der Waals surface area contributed by atoms with E-state index in [1.54, 1.807) is 12.4 Å². The predicted octanol–water partition coefficient (Wildman–Crippen LogP) is 4.82. The van der Waals surface area contributed by atoms with Crippen molar-refractivity contribution in [3.63, 3.8) is 0 Å². The molecule has 0 bridgehead atoms. The fourth-order valence-corrected chi connectivity index (χ4v) is 4.89. The number of halogens is 6. The van der Waals surface area contributed by atoms with Gasteiger partial charge in [0.05, 0.1) is 11.1 Å². The summed E-state index contributed by atoms with van der Waals surface area (Å²) in [6, 6.07) is 16.5. The van der Waals surface area contributed by atoms with Crippen LogP contribution in [0.15, 0.2) is 60.9 Å². The first-order chi connectivity index (χ1) is 21.0. The van der Waals surface area contributed by atoms with Crippen molar-refractivity contribution < 1.29 is 50.9 Å². The minimum atomic E-state index is -5.08. The van der Waals surface area contributed by atoms with Gasteiger partial charge < -0.3 is 20.0 Å². The quantitative estimate of drug-likeness (QED) is 0.386. The van der Waals surface area contributed by atoms with Crippen LogP contribution in [0.25, 0.3) is 0 Å². The summed E-state index contributed by atoms with van der Waals surface area (Å²) in [4.78, 5) is 40.2. The smallest absolute Gasteiger partial charge is 0.475 e. The molecule has 45 heavy (non-hydrogen) atoms. The number of rotatable bonds is 3. The molecule has 0 saturated carbocycles. The second-order valence-electron chi connectivity index (χ2n) is 10.4. The maximum atomic E-state index is 13.9. The monoisotopic (exact) mass is 641 g/mol. The molecule has 1 spiro atoms. The number of aromatic nitrogens is 3. The fraction of sp³-hybridized carbons (Fsp3) is 0.379. The molecule has 4 heterocycles. The molecular formula is C29H29F6N5O5. The summed E-state index contributed by atoms with van der Waals surface area (Å²) in [5, 5.41) is 22.8. The highest BCUT2D eigenvalue weighted by molar-refractivity contribution is 5.84. The molecule has 0 aliphatic carbocycles. The number of alkyl halides is 6. The molecule has 10 nitrogen and oxygen atoms in total. The molecule has 5 rings (SSSR count). The topological polar surface area (TPSA) is 137 Å². The van der Waals surface area contributed by atoms with Crippen molar-refractivity contribution in [1.29, 1.82) is 0 Å². The molecule has 3 aromatic rings. The Bertz CT molecular complexity index is 1440. The Hall–Kier alpha value is -4.76. The molecule has 1 amide bonds. The lowest BCUT2D eigenvalue weighted by molar-refractivity contribution is -0.193. The van der Waals surface area contributed by atoms with Crippen LogP contribution in [0.4, 0.5) is 32.2 Å². The summed E-state index contributed by atoms with van der Waals surface area (Å²) in [6.45, 7) is 4.85. The SMILES string of the molecule is Cc1ccc(N2CCC3(CC2)Cc2ccccc2CN(Cc2ccncc2)C3=O)nn1.O=C(O)C(F)(F)F.O=C(O)C(F)(F)F. The number of carbonyl (C=O) groups is 3. The van der Waals surface area contributed by atoms with Crippen LogP contribution in [-0.4, -0.2) is 73.6 Å². The van der Waals surface area contributed by atoms with Gasteiger partial charge in [0, 0.05) is 38.6 Å². The number of amides is 1. The summed E-state index contributed by atoms with van der Waals surface area (Å²) >= 11 is 0. The van der Waals surface area contributed by atoms with Crippen molar-refractivity contribution in [1.82, 2.24) is 20.1 Å². The summed E-state index contributed by atoms with van der Waals surface area (Å²) in [6.07, 6.45) is -4.13. The van der Waals surface area contributed by atoms with Crippen molar-refractivity contribution in [2.45, 2.75) is 51.6 Å². The second kappa shape index (κ2) is 14.3. The number of nitrogens with zero attached hydrogens (tertiary/aromatic N) is 5. The predicted molar refractivity (Wildman–Crippen MR) is 147 cm³/mol. The number of carboxylic acid groups (broad SMARTS) is 2. The summed E-state index contributed by atoms with van der Waals surface area (Å²) < 4.78 is 63.5. The highest BCUT2D eigenvalue weighted by Crippen LogP contribution is 2.41. The number of aryl methyl sites for hydroxylation is 1. The van der Waals surface area contributed by atoms with Gasteiger partial charge in [0.1, 0.15) is 0 Å². The Morgan fingerprint density at radius 3 is 1.87 bits per heavy atom. The van der Waals surface area contributed by atoms with Crippen LogP contribution in [0.2, 0.25) is 0 Å². The van der Waals surface area contributed by atoms with Gasteiger partial charge in [0.2, 0.25) is 5.91 Å². The van der Waals surface area contributed by atoms with Gasteiger partial charge in [-0.05, 0) is 67.1 Å². The van der Waals surface area contributed by atoms with Crippen molar-refractivity contribution >= 4 is 23.7 Å². The molecular weight excluding hydrogens is 612 g/mol. The summed E-state index contributed by atoms with van der Waals surface area (Å²) in [7, 11) is 0. The van der Waals surface area contributed by atoms with Crippen LogP contribution in [0.5, 0.6) is 0 Å². The minimum Gasteiger partial charge on any atom is -0.475 e. The molecule has 2 aromatic heterocycles. The van der Waals surface area contributed by atoms with Gasteiger partial charge in [-0.25, -0.2) is 9.59 Å². The number of anilines is 1. The molecule has 1 aromatic carbocycles. The largest absolute Gasteiger partial charge is 0.490 e. The lowest BCUT2D eigenvalue weighted by Crippen LogP contribution is -2.50. The maximum Gasteiger partial charge on any atom is 0.490 e. The zero-order chi connectivity index (χ0) is 33.4. The fourth-order valence-electron chi connectivity index (χ4n) is 4.89. The highest BCUT2D eigenvalue weighted by atomic mass is 19.4. The lowest BCUT2D eigenvalue weighted by atomic mass is 9.73. The Morgan fingerprint density at radius 2 is 1.38 bits per heavy atom. The standard InChI is InChI=1S/C25H27N5O.2C2HF3O2/c1-19-6-7-23(28-27-19)29-14-10-25(11-15-29)16-21-4-2-3-5-22(21)18-30(24(25)31)17-20-8-12-26-13-9-20;2*3-2(4,5)1(6)7/h2-9,12-13H,10-11,14-18H2,1H3;2*(H,6,7). The first-order valence-electron chi connectivity index (χ1n) is 13.4. The molecule has 2 N–H and O–H groups in total. The molecule has 2 aliphatic rings. The second-order valence-corrected chi connectivity index (χ2v) is 10.4. The Morgan fingerprint density at radius 1 is 0.844 bits per heavy atom. The molecule has 0 unspecified atom stereocenters. The van der Waals surface area contributed by atoms with Gasteiger partial charge in [-0.15, -0.1) is 5.10 Å². The number of benzene rings is 1. The van der Waals surface area contributed by atoms with Crippen LogP contribution in [0, 0.1) is 12.3 Å². The van der Waals surface area contributed by atoms with Crippen molar-refractivity contribution in [2.24, 2.45) is 5.41 Å². The number of hydrogen-bond acceptors (Lipinski definition) is 7. The van der Waals surface area contributed by atoms with Crippen LogP contribution in [0.1, 0.15) is 35.2 Å². The van der Waals surface area contributed by atoms with Crippen molar-refractivity contribution in [2.75, 3.05) is 18.0 Å². The van der Waals surface area contributed by atoms with Gasteiger partial charge in [0.15, 0.2) is 5.82 Å². The zero-order valence-electron chi connectivity index (χ0n) is 23.8. The van der Waals surface area contributed by atoms with Gasteiger partial charge in [-0.3, -0.25) is 9.78 Å². The van der Waals surface area contributed by atoms with Gasteiger partial charge in [-0.2, -0.15) is 31.4 Å². The van der Waals surface area contributed by atoms with E-state index in [2.05, 4.69) is 44.3 Å². The molecule has 0 radical (unpaired) electrons. The number of piperidine rings is 1. The average Bonchev–Trinajstić information content (AvgIpc) is 3.08. The summed E-state index contributed by atoms with van der Waals surface area (Å²) in [5.41, 5.74) is 4.23. The first kappa shape index (κ1) is 34.7. The van der Waals surface area contributed by atoms with Crippen LogP contribution >= 0.6 is 0 Å². The number of hydrogen-bond donors (Lipinski definition) is 2. The van der Waals surface area contributed by atoms with E-state index in [-0.39, 0.29) is 11.3 Å². The zero-order valence-corrected chi connectivity index (χ0v) is 23.8. The van der Waals surface area contributed by atoms with Gasteiger partial charge in [-0.1, -0.05) is 24.3 Å². The third kappa shape index (κ3) is 9.61. The Labute approximate surface area is 253 Å². The number of pyridine rings is 1. The molecule has 0 atom stereocenters. The number of carbonyl (C=O) groups excluding carboxylic acids is 1. The van der Waals surface area contributed by atoms with E-state index in [1.807, 2.05) is 36.1 Å². The normalized spacial score (nSPS) is 15.9. The van der Waals surface area contributed by atoms with Gasteiger partial charge >= 0.3 is 24.3 Å². The minimum absolute atomic E-state index is 0.273. The van der Waals surface area contributed by atoms with E-state index in [0.29, 0.717) is 13.1 Å².